The first-order valence-electron chi connectivity index (χ1n) is 6.02. The van der Waals surface area contributed by atoms with Gasteiger partial charge in [0, 0.05) is 0 Å². The van der Waals surface area contributed by atoms with Crippen molar-refractivity contribution in [1.29, 1.82) is 0 Å². The molecule has 0 amide bonds. The summed E-state index contributed by atoms with van der Waals surface area (Å²) in [4.78, 5) is 11.1. The Balaban J connectivity index is 2.55. The predicted octanol–water partition coefficient (Wildman–Crippen LogP) is 3.48. The molecular formula is C13H22O2. The molecule has 0 aromatic carbocycles. The van der Waals surface area contributed by atoms with Crippen molar-refractivity contribution in [2.45, 2.75) is 45.4 Å². The number of carboxylic acid groups (broad SMARTS) is 1. The molecule has 86 valence electrons. The highest BCUT2D eigenvalue weighted by Crippen LogP contribution is 2.38. The SMILES string of the molecule is C=CCCC1CC(CC)CCC1C(=O)O. The molecule has 1 aliphatic carbocycles. The van der Waals surface area contributed by atoms with Gasteiger partial charge in [0.25, 0.3) is 0 Å². The molecular weight excluding hydrogens is 188 g/mol. The summed E-state index contributed by atoms with van der Waals surface area (Å²) < 4.78 is 0. The van der Waals surface area contributed by atoms with E-state index in [-0.39, 0.29) is 5.92 Å². The van der Waals surface area contributed by atoms with Crippen molar-refractivity contribution in [3.8, 4) is 0 Å². The van der Waals surface area contributed by atoms with Gasteiger partial charge in [0.2, 0.25) is 0 Å². The van der Waals surface area contributed by atoms with Crippen LogP contribution >= 0.6 is 0 Å². The molecule has 0 radical (unpaired) electrons. The maximum absolute atomic E-state index is 11.1. The van der Waals surface area contributed by atoms with E-state index < -0.39 is 5.97 Å². The van der Waals surface area contributed by atoms with Crippen LogP contribution in [0.15, 0.2) is 12.7 Å². The van der Waals surface area contributed by atoms with Gasteiger partial charge in [-0.15, -0.1) is 6.58 Å². The van der Waals surface area contributed by atoms with Gasteiger partial charge in [-0.1, -0.05) is 19.4 Å². The second kappa shape index (κ2) is 5.94. The van der Waals surface area contributed by atoms with Crippen molar-refractivity contribution in [3.05, 3.63) is 12.7 Å². The molecule has 1 rings (SSSR count). The van der Waals surface area contributed by atoms with Crippen molar-refractivity contribution in [2.24, 2.45) is 17.8 Å². The van der Waals surface area contributed by atoms with Gasteiger partial charge in [0.05, 0.1) is 5.92 Å². The van der Waals surface area contributed by atoms with E-state index in [1.807, 2.05) is 6.08 Å². The van der Waals surface area contributed by atoms with Crippen LogP contribution in [0.1, 0.15) is 45.4 Å². The van der Waals surface area contributed by atoms with Crippen LogP contribution < -0.4 is 0 Å². The standard InChI is InChI=1S/C13H22O2/c1-3-5-6-11-9-10(4-2)7-8-12(11)13(14)15/h3,10-12H,1,4-9H2,2H3,(H,14,15). The minimum atomic E-state index is -0.599. The fraction of sp³-hybridized carbons (Fsp3) is 0.769. The second-order valence-corrected chi connectivity index (χ2v) is 4.66. The van der Waals surface area contributed by atoms with E-state index in [0.717, 1.165) is 38.0 Å². The molecule has 1 fully saturated rings. The Morgan fingerprint density at radius 1 is 1.53 bits per heavy atom. The molecule has 1 aliphatic rings. The third kappa shape index (κ3) is 3.37. The highest BCUT2D eigenvalue weighted by molar-refractivity contribution is 5.70. The van der Waals surface area contributed by atoms with Crippen LogP contribution in [0.3, 0.4) is 0 Å². The van der Waals surface area contributed by atoms with E-state index in [1.54, 1.807) is 0 Å². The van der Waals surface area contributed by atoms with Crippen molar-refractivity contribution < 1.29 is 9.90 Å². The zero-order valence-corrected chi connectivity index (χ0v) is 9.61. The molecule has 3 unspecified atom stereocenters. The van der Waals surface area contributed by atoms with Gasteiger partial charge in [0.15, 0.2) is 0 Å². The minimum Gasteiger partial charge on any atom is -0.481 e. The maximum Gasteiger partial charge on any atom is 0.306 e. The first-order valence-corrected chi connectivity index (χ1v) is 6.02. The summed E-state index contributed by atoms with van der Waals surface area (Å²) in [5.74, 6) is 0.418. The molecule has 1 N–H and O–H groups in total. The van der Waals surface area contributed by atoms with Crippen molar-refractivity contribution in [3.63, 3.8) is 0 Å². The average molecular weight is 210 g/mol. The summed E-state index contributed by atoms with van der Waals surface area (Å²) in [6.07, 6.45) is 8.10. The lowest BCUT2D eigenvalue weighted by atomic mass is 9.71. The fourth-order valence-electron chi connectivity index (χ4n) is 2.71. The molecule has 0 spiro atoms. The van der Waals surface area contributed by atoms with Crippen molar-refractivity contribution in [1.82, 2.24) is 0 Å². The van der Waals surface area contributed by atoms with Crippen LogP contribution in [-0.2, 0) is 4.79 Å². The first-order chi connectivity index (χ1) is 7.19. The van der Waals surface area contributed by atoms with E-state index in [1.165, 1.54) is 6.42 Å². The molecule has 2 heteroatoms. The summed E-state index contributed by atoms with van der Waals surface area (Å²) in [7, 11) is 0. The quantitative estimate of drug-likeness (QED) is 0.705. The van der Waals surface area contributed by atoms with E-state index in [9.17, 15) is 4.79 Å². The van der Waals surface area contributed by atoms with Gasteiger partial charge in [-0.25, -0.2) is 0 Å². The van der Waals surface area contributed by atoms with E-state index in [2.05, 4.69) is 13.5 Å². The summed E-state index contributed by atoms with van der Waals surface area (Å²) in [5.41, 5.74) is 0. The zero-order chi connectivity index (χ0) is 11.3. The monoisotopic (exact) mass is 210 g/mol. The Bertz CT molecular complexity index is 223. The van der Waals surface area contributed by atoms with E-state index in [0.29, 0.717) is 5.92 Å². The van der Waals surface area contributed by atoms with Crippen molar-refractivity contribution >= 4 is 5.97 Å². The summed E-state index contributed by atoms with van der Waals surface area (Å²) in [5, 5.41) is 9.14. The van der Waals surface area contributed by atoms with Crippen LogP contribution in [0.2, 0.25) is 0 Å². The Labute approximate surface area is 92.4 Å². The number of carbonyl (C=O) groups is 1. The number of rotatable bonds is 5. The Kier molecular flexibility index (Phi) is 4.86. The van der Waals surface area contributed by atoms with Gasteiger partial charge in [-0.2, -0.15) is 0 Å². The Hall–Kier alpha value is -0.790. The largest absolute Gasteiger partial charge is 0.481 e. The van der Waals surface area contributed by atoms with Crippen LogP contribution in [0, 0.1) is 17.8 Å². The molecule has 0 aromatic rings. The number of hydrogen-bond donors (Lipinski definition) is 1. The zero-order valence-electron chi connectivity index (χ0n) is 9.61. The summed E-state index contributed by atoms with van der Waals surface area (Å²) in [6, 6.07) is 0. The molecule has 0 saturated heterocycles. The number of allylic oxidation sites excluding steroid dienone is 1. The average Bonchev–Trinajstić information content (AvgIpc) is 2.25. The maximum atomic E-state index is 11.1. The first kappa shape index (κ1) is 12.3. The Morgan fingerprint density at radius 2 is 2.27 bits per heavy atom. The number of hydrogen-bond acceptors (Lipinski definition) is 1. The predicted molar refractivity (Wildman–Crippen MR) is 61.7 cm³/mol. The van der Waals surface area contributed by atoms with Gasteiger partial charge in [-0.05, 0) is 43.9 Å². The molecule has 0 bridgehead atoms. The van der Waals surface area contributed by atoms with E-state index >= 15 is 0 Å². The molecule has 3 atom stereocenters. The third-order valence-corrected chi connectivity index (χ3v) is 3.73. The number of carboxylic acids is 1. The fourth-order valence-corrected chi connectivity index (χ4v) is 2.71. The normalized spacial score (nSPS) is 31.1. The summed E-state index contributed by atoms with van der Waals surface area (Å²) in [6.45, 7) is 5.91. The lowest BCUT2D eigenvalue weighted by Crippen LogP contribution is -2.30. The van der Waals surface area contributed by atoms with Crippen molar-refractivity contribution in [2.75, 3.05) is 0 Å². The van der Waals surface area contributed by atoms with Gasteiger partial charge in [-0.3, -0.25) is 4.79 Å². The highest BCUT2D eigenvalue weighted by atomic mass is 16.4. The number of aliphatic carboxylic acids is 1. The molecule has 0 heterocycles. The topological polar surface area (TPSA) is 37.3 Å². The lowest BCUT2D eigenvalue weighted by Gasteiger charge is -2.33. The van der Waals surface area contributed by atoms with Crippen LogP contribution in [0.25, 0.3) is 0 Å². The highest BCUT2D eigenvalue weighted by Gasteiger charge is 2.33. The molecule has 0 aromatic heterocycles. The van der Waals surface area contributed by atoms with Crippen LogP contribution in [0.4, 0.5) is 0 Å². The lowest BCUT2D eigenvalue weighted by molar-refractivity contribution is -0.145. The van der Waals surface area contributed by atoms with Gasteiger partial charge < -0.3 is 5.11 Å². The van der Waals surface area contributed by atoms with Gasteiger partial charge in [0.1, 0.15) is 0 Å². The summed E-state index contributed by atoms with van der Waals surface area (Å²) >= 11 is 0. The molecule has 15 heavy (non-hydrogen) atoms. The van der Waals surface area contributed by atoms with E-state index in [4.69, 9.17) is 5.11 Å². The van der Waals surface area contributed by atoms with Gasteiger partial charge >= 0.3 is 5.97 Å². The minimum absolute atomic E-state index is 0.104. The third-order valence-electron chi connectivity index (χ3n) is 3.73. The molecule has 1 saturated carbocycles. The van der Waals surface area contributed by atoms with Crippen LogP contribution in [-0.4, -0.2) is 11.1 Å². The Morgan fingerprint density at radius 3 is 2.80 bits per heavy atom. The molecule has 2 nitrogen and oxygen atoms in total. The smallest absolute Gasteiger partial charge is 0.306 e. The van der Waals surface area contributed by atoms with Crippen LogP contribution in [0.5, 0.6) is 0 Å². The second-order valence-electron chi connectivity index (χ2n) is 4.66. The molecule has 0 aliphatic heterocycles.